The molecule has 1 fully saturated rings. The number of carbonyl (C=O) groups is 2. The maximum atomic E-state index is 11.5. The van der Waals surface area contributed by atoms with E-state index in [0.29, 0.717) is 31.8 Å². The molecule has 0 bridgehead atoms. The molecular formula is C13H20N4O3. The number of hydrogen-bond donors (Lipinski definition) is 2. The summed E-state index contributed by atoms with van der Waals surface area (Å²) >= 11 is 0. The van der Waals surface area contributed by atoms with Crippen LogP contribution in [0.4, 0.5) is 4.79 Å². The molecule has 0 aromatic rings. The van der Waals surface area contributed by atoms with E-state index in [0.717, 1.165) is 12.0 Å². The van der Waals surface area contributed by atoms with Crippen LogP contribution in [0.25, 0.3) is 0 Å². The first-order valence-electron chi connectivity index (χ1n) is 6.26. The van der Waals surface area contributed by atoms with E-state index in [1.165, 1.54) is 7.05 Å². The summed E-state index contributed by atoms with van der Waals surface area (Å²) in [6.07, 6.45) is 2.97. The summed E-state index contributed by atoms with van der Waals surface area (Å²) in [5, 5.41) is 2.50. The van der Waals surface area contributed by atoms with E-state index in [2.05, 4.69) is 29.3 Å². The predicted octanol–water partition coefficient (Wildman–Crippen LogP) is 0.390. The van der Waals surface area contributed by atoms with Gasteiger partial charge in [0.1, 0.15) is 11.4 Å². The smallest absolute Gasteiger partial charge is 0.413 e. The number of amides is 2. The lowest BCUT2D eigenvalue weighted by atomic mass is 9.83. The number of aliphatic imine (C=N–C) groups is 1. The van der Waals surface area contributed by atoms with Crippen LogP contribution in [0.2, 0.25) is 0 Å². The van der Waals surface area contributed by atoms with Crippen LogP contribution < -0.4 is 11.1 Å². The third kappa shape index (κ3) is 2.88. The van der Waals surface area contributed by atoms with Gasteiger partial charge in [-0.15, -0.1) is 0 Å². The van der Waals surface area contributed by atoms with Crippen LogP contribution in [0.5, 0.6) is 0 Å². The molecule has 0 unspecified atom stereocenters. The maximum Gasteiger partial charge on any atom is 0.413 e. The number of hydrogen-bond acceptors (Lipinski definition) is 5. The van der Waals surface area contributed by atoms with Crippen molar-refractivity contribution in [1.82, 2.24) is 10.2 Å². The van der Waals surface area contributed by atoms with Gasteiger partial charge in [0.25, 0.3) is 0 Å². The molecule has 20 heavy (non-hydrogen) atoms. The van der Waals surface area contributed by atoms with Gasteiger partial charge in [-0.2, -0.15) is 0 Å². The molecule has 0 aromatic heterocycles. The second kappa shape index (κ2) is 6.85. The van der Waals surface area contributed by atoms with Crippen LogP contribution in [0.3, 0.4) is 0 Å². The molecule has 1 saturated heterocycles. The Morgan fingerprint density at radius 1 is 1.45 bits per heavy atom. The van der Waals surface area contributed by atoms with E-state index in [4.69, 9.17) is 4.74 Å². The van der Waals surface area contributed by atoms with Crippen molar-refractivity contribution >= 4 is 19.2 Å². The van der Waals surface area contributed by atoms with E-state index >= 15 is 0 Å². The van der Waals surface area contributed by atoms with Crippen molar-refractivity contribution in [3.8, 4) is 0 Å². The molecule has 0 radical (unpaired) electrons. The highest BCUT2D eigenvalue weighted by atomic mass is 16.6. The lowest BCUT2D eigenvalue weighted by Gasteiger charge is -2.43. The molecule has 2 aliphatic heterocycles. The third-order valence-electron chi connectivity index (χ3n) is 3.37. The minimum atomic E-state index is -0.736. The molecule has 0 aromatic carbocycles. The van der Waals surface area contributed by atoms with Crippen LogP contribution in [0.15, 0.2) is 29.0 Å². The summed E-state index contributed by atoms with van der Waals surface area (Å²) in [6.45, 7) is 8.25. The molecule has 7 nitrogen and oxygen atoms in total. The van der Waals surface area contributed by atoms with Crippen LogP contribution in [0, 0.1) is 0 Å². The summed E-state index contributed by atoms with van der Waals surface area (Å²) in [5.41, 5.74) is 4.49. The van der Waals surface area contributed by atoms with Gasteiger partial charge in [-0.3, -0.25) is 10.1 Å². The van der Waals surface area contributed by atoms with Gasteiger partial charge in [0.2, 0.25) is 6.41 Å². The fraction of sp³-hybridized carbons (Fsp3) is 0.462. The molecule has 7 heteroatoms. The topological polar surface area (TPSA) is 97.0 Å². The largest absolute Gasteiger partial charge is 0.437 e. The van der Waals surface area contributed by atoms with E-state index in [1.54, 1.807) is 11.0 Å². The van der Waals surface area contributed by atoms with Crippen molar-refractivity contribution in [2.24, 2.45) is 10.7 Å². The average molecular weight is 280 g/mol. The molecule has 2 rings (SSSR count). The lowest BCUT2D eigenvalue weighted by molar-refractivity contribution is -0.121. The van der Waals surface area contributed by atoms with E-state index in [-0.39, 0.29) is 0 Å². The molecule has 0 atom stereocenters. The minimum Gasteiger partial charge on any atom is -0.437 e. The summed E-state index contributed by atoms with van der Waals surface area (Å²) in [7, 11) is 1.50. The molecule has 0 aliphatic carbocycles. The minimum absolute atomic E-state index is 0.390. The molecular weight excluding hydrogens is 260 g/mol. The summed E-state index contributed by atoms with van der Waals surface area (Å²) in [5.74, 6) is 0.390. The molecule has 0 saturated carbocycles. The number of alkyl carbamates (subject to hydrolysis) is 1. The number of nitrogens with two attached hydrogens (primary N) is 1. The van der Waals surface area contributed by atoms with Crippen LogP contribution in [-0.4, -0.2) is 49.9 Å². The molecule has 110 valence electrons. The molecule has 2 aliphatic rings. The zero-order valence-corrected chi connectivity index (χ0v) is 11.6. The first-order valence-corrected chi connectivity index (χ1v) is 6.26. The van der Waals surface area contributed by atoms with Gasteiger partial charge in [-0.1, -0.05) is 12.7 Å². The van der Waals surface area contributed by atoms with Crippen molar-refractivity contribution in [2.45, 2.75) is 18.4 Å². The van der Waals surface area contributed by atoms with Gasteiger partial charge >= 0.3 is 6.09 Å². The first kappa shape index (κ1) is 15.9. The number of piperidine rings is 1. The zero-order chi connectivity index (χ0) is 15.2. The number of nitrogens with zero attached hydrogens (tertiary/aromatic N) is 2. The van der Waals surface area contributed by atoms with Crippen molar-refractivity contribution in [1.29, 1.82) is 0 Å². The molecule has 1 spiro atoms. The summed E-state index contributed by atoms with van der Waals surface area (Å²) in [4.78, 5) is 27.7. The Morgan fingerprint density at radius 3 is 2.50 bits per heavy atom. The molecule has 2 heterocycles. The Bertz CT molecular complexity index is 437. The van der Waals surface area contributed by atoms with Crippen LogP contribution in [-0.2, 0) is 9.53 Å². The standard InChI is InChI=1S/C12H15N3O3.CH5N/c1-3-9-10(13-2)14-11(17)18-12(9)4-6-15(8-16)7-5-12;1-2/h3,8H,1-2,4-7H2,(H,14,17);2H2,1H3. The van der Waals surface area contributed by atoms with Crippen molar-refractivity contribution in [3.63, 3.8) is 0 Å². The Hall–Kier alpha value is -2.15. The average Bonchev–Trinajstić information content (AvgIpc) is 2.49. The number of ether oxygens (including phenoxy) is 1. The quantitative estimate of drug-likeness (QED) is 0.577. The Balaban J connectivity index is 0.000000956. The SMILES string of the molecule is C=CC1=C(N=C)NC(=O)OC12CCN(C=O)CC2.CN. The predicted molar refractivity (Wildman–Crippen MR) is 76.1 cm³/mol. The highest BCUT2D eigenvalue weighted by Crippen LogP contribution is 2.37. The van der Waals surface area contributed by atoms with Crippen LogP contribution >= 0.6 is 0 Å². The number of carbonyl (C=O) groups excluding carboxylic acids is 2. The van der Waals surface area contributed by atoms with E-state index in [1.807, 2.05) is 0 Å². The van der Waals surface area contributed by atoms with Gasteiger partial charge in [0.05, 0.1) is 0 Å². The van der Waals surface area contributed by atoms with Gasteiger partial charge in [0.15, 0.2) is 0 Å². The van der Waals surface area contributed by atoms with Gasteiger partial charge < -0.3 is 15.4 Å². The summed E-state index contributed by atoms with van der Waals surface area (Å²) in [6, 6.07) is 0. The van der Waals surface area contributed by atoms with Crippen molar-refractivity contribution in [2.75, 3.05) is 20.1 Å². The van der Waals surface area contributed by atoms with Crippen molar-refractivity contribution < 1.29 is 14.3 Å². The van der Waals surface area contributed by atoms with Gasteiger partial charge in [-0.05, 0) is 13.8 Å². The maximum absolute atomic E-state index is 11.5. The normalized spacial score (nSPS) is 20.3. The summed E-state index contributed by atoms with van der Waals surface area (Å²) < 4.78 is 5.43. The highest BCUT2D eigenvalue weighted by Gasteiger charge is 2.44. The third-order valence-corrected chi connectivity index (χ3v) is 3.37. The Labute approximate surface area is 118 Å². The van der Waals surface area contributed by atoms with E-state index in [9.17, 15) is 9.59 Å². The second-order valence-corrected chi connectivity index (χ2v) is 4.27. The van der Waals surface area contributed by atoms with Gasteiger partial charge in [-0.25, -0.2) is 9.79 Å². The second-order valence-electron chi connectivity index (χ2n) is 4.27. The Kier molecular flexibility index (Phi) is 5.45. The van der Waals surface area contributed by atoms with Crippen LogP contribution in [0.1, 0.15) is 12.8 Å². The fourth-order valence-electron chi connectivity index (χ4n) is 2.41. The highest BCUT2D eigenvalue weighted by molar-refractivity contribution is 5.73. The lowest BCUT2D eigenvalue weighted by Crippen LogP contribution is -2.52. The number of likely N-dealkylation sites (tertiary alicyclic amines) is 1. The molecule has 3 N–H and O–H groups in total. The zero-order valence-electron chi connectivity index (χ0n) is 11.6. The van der Waals surface area contributed by atoms with E-state index < -0.39 is 11.7 Å². The monoisotopic (exact) mass is 280 g/mol. The number of rotatable bonds is 3. The fourth-order valence-corrected chi connectivity index (χ4v) is 2.41. The number of nitrogens with one attached hydrogen (secondary N) is 1. The van der Waals surface area contributed by atoms with Gasteiger partial charge in [0, 0.05) is 31.5 Å². The van der Waals surface area contributed by atoms with Crippen molar-refractivity contribution in [3.05, 3.63) is 24.0 Å². The Morgan fingerprint density at radius 2 is 2.05 bits per heavy atom. The first-order chi connectivity index (χ1) is 9.65. The molecule has 2 amide bonds.